The summed E-state index contributed by atoms with van der Waals surface area (Å²) in [7, 11) is 0. The van der Waals surface area contributed by atoms with E-state index in [1.54, 1.807) is 19.1 Å². The van der Waals surface area contributed by atoms with Gasteiger partial charge in [0, 0.05) is 53.8 Å². The number of allylic oxidation sites excluding steroid dienone is 1. The molecule has 0 saturated carbocycles. The summed E-state index contributed by atoms with van der Waals surface area (Å²) in [6, 6.07) is 10.4. The number of pyridine rings is 2. The molecular weight excluding hydrogens is 704 g/mol. The highest BCUT2D eigenvalue weighted by Crippen LogP contribution is 2.55. The van der Waals surface area contributed by atoms with Gasteiger partial charge in [0.1, 0.15) is 51.6 Å². The molecule has 0 amide bonds. The fourth-order valence-corrected chi connectivity index (χ4v) is 8.89. The maximum absolute atomic E-state index is 14.1. The van der Waals surface area contributed by atoms with Gasteiger partial charge in [-0.25, -0.2) is 14.8 Å². The molecule has 3 aromatic heterocycles. The first-order chi connectivity index (χ1) is 26.3. The third-order valence-electron chi connectivity index (χ3n) is 11.4. The monoisotopic (exact) mass is 746 g/mol. The number of nitrogen functional groups attached to an aromatic ring is 2. The van der Waals surface area contributed by atoms with Crippen LogP contribution in [0.5, 0.6) is 11.5 Å². The van der Waals surface area contributed by atoms with Crippen molar-refractivity contribution < 1.29 is 33.6 Å². The van der Waals surface area contributed by atoms with Crippen molar-refractivity contribution in [2.75, 3.05) is 24.6 Å². The molecule has 1 spiro atoms. The van der Waals surface area contributed by atoms with Crippen LogP contribution in [-0.4, -0.2) is 73.3 Å². The minimum absolute atomic E-state index is 0.0330. The van der Waals surface area contributed by atoms with Crippen molar-refractivity contribution in [1.82, 2.24) is 14.9 Å². The lowest BCUT2D eigenvalue weighted by Gasteiger charge is -2.46. The molecule has 0 bridgehead atoms. The SMILES string of the molecule is Cc1cc(=O)c2c(O)c3c(cc2o1)OC(C)(C)[C@@H]1OC(=O)[C@@]2(C[C@@H](CO)C[C@@H]31)O[C@@H]2CCc1cc(N)nc(-c2cc(N)nc(CN3C=C4C=CN=C4C3)c2)c1. The highest BCUT2D eigenvalue weighted by Gasteiger charge is 2.66. The van der Waals surface area contributed by atoms with Crippen LogP contribution in [0.15, 0.2) is 74.7 Å². The van der Waals surface area contributed by atoms with Crippen LogP contribution in [0.3, 0.4) is 0 Å². The number of aliphatic imine (C=N–C) groups is 1. The van der Waals surface area contributed by atoms with Crippen LogP contribution in [0.1, 0.15) is 61.6 Å². The van der Waals surface area contributed by atoms with Crippen molar-refractivity contribution in [1.29, 1.82) is 0 Å². The van der Waals surface area contributed by atoms with Gasteiger partial charge in [-0.05, 0) is 88.3 Å². The number of esters is 1. The number of aryl methyl sites for hydroxylation is 2. The number of aliphatic hydroxyl groups excluding tert-OH is 1. The number of carbonyl (C=O) groups is 1. The Labute approximate surface area is 316 Å². The molecular formula is C41H42N6O8. The van der Waals surface area contributed by atoms with Gasteiger partial charge in [0.05, 0.1) is 36.3 Å². The molecule has 2 fully saturated rings. The molecule has 0 radical (unpaired) electrons. The summed E-state index contributed by atoms with van der Waals surface area (Å²) in [5.74, 6) is -0.303. The zero-order valence-corrected chi connectivity index (χ0v) is 30.7. The Kier molecular flexibility index (Phi) is 8.06. The highest BCUT2D eigenvalue weighted by molar-refractivity contribution is 6.07. The number of rotatable bonds is 7. The first-order valence-electron chi connectivity index (χ1n) is 18.5. The lowest BCUT2D eigenvalue weighted by Crippen LogP contribution is -2.54. The molecule has 0 unspecified atom stereocenters. The largest absolute Gasteiger partial charge is 0.507 e. The van der Waals surface area contributed by atoms with E-state index >= 15 is 0 Å². The molecule has 0 aliphatic carbocycles. The number of carbonyl (C=O) groups excluding carboxylic acids is 1. The number of epoxide rings is 1. The van der Waals surface area contributed by atoms with Crippen LogP contribution in [0.2, 0.25) is 0 Å². The quantitative estimate of drug-likeness (QED) is 0.152. The maximum Gasteiger partial charge on any atom is 0.341 e. The first-order valence-corrected chi connectivity index (χ1v) is 18.5. The summed E-state index contributed by atoms with van der Waals surface area (Å²) in [5, 5.41) is 22.2. The number of fused-ring (bicyclic) bond motifs is 5. The maximum atomic E-state index is 14.1. The average Bonchev–Trinajstić information content (AvgIpc) is 3.41. The van der Waals surface area contributed by atoms with Crippen LogP contribution < -0.4 is 21.6 Å². The first kappa shape index (κ1) is 35.0. The molecule has 55 heavy (non-hydrogen) atoms. The highest BCUT2D eigenvalue weighted by atomic mass is 16.7. The van der Waals surface area contributed by atoms with E-state index in [2.05, 4.69) is 26.1 Å². The fourth-order valence-electron chi connectivity index (χ4n) is 8.89. The molecule has 14 heteroatoms. The molecule has 1 aromatic carbocycles. The van der Waals surface area contributed by atoms with Crippen molar-refractivity contribution in [3.63, 3.8) is 0 Å². The van der Waals surface area contributed by atoms with Crippen LogP contribution in [0, 0.1) is 12.8 Å². The number of aliphatic hydroxyl groups is 1. The minimum Gasteiger partial charge on any atom is -0.507 e. The number of aromatic nitrogens is 2. The average molecular weight is 747 g/mol. The number of nitrogens with zero attached hydrogens (tertiary/aromatic N) is 4. The molecule has 14 nitrogen and oxygen atoms in total. The van der Waals surface area contributed by atoms with Gasteiger partial charge in [-0.3, -0.25) is 9.79 Å². The number of ether oxygens (including phenoxy) is 3. The molecule has 5 aliphatic rings. The Bertz CT molecular complexity index is 2440. The van der Waals surface area contributed by atoms with E-state index in [0.717, 1.165) is 28.1 Å². The second-order valence-electron chi connectivity index (χ2n) is 15.8. The molecule has 6 N–H and O–H groups in total. The van der Waals surface area contributed by atoms with Crippen molar-refractivity contribution >= 4 is 34.3 Å². The van der Waals surface area contributed by atoms with E-state index < -0.39 is 35.3 Å². The van der Waals surface area contributed by atoms with Gasteiger partial charge in [0.25, 0.3) is 0 Å². The number of phenolic OH excluding ortho intramolecular Hbond substituents is 1. The normalized spacial score (nSPS) is 26.0. The Morgan fingerprint density at radius 1 is 1.05 bits per heavy atom. The predicted molar refractivity (Wildman–Crippen MR) is 203 cm³/mol. The summed E-state index contributed by atoms with van der Waals surface area (Å²) in [4.78, 5) is 42.8. The number of hydrogen-bond donors (Lipinski definition) is 4. The van der Waals surface area contributed by atoms with Gasteiger partial charge >= 0.3 is 5.97 Å². The number of phenols is 1. The number of hydrogen-bond acceptors (Lipinski definition) is 14. The second-order valence-corrected chi connectivity index (χ2v) is 15.8. The van der Waals surface area contributed by atoms with Crippen LogP contribution >= 0.6 is 0 Å². The van der Waals surface area contributed by atoms with Crippen molar-refractivity contribution in [3.05, 3.63) is 93.3 Å². The standard InChI is InChI=1S/C41H42N6O8/c1-20-8-29(49)36-30(52-20)14-31-35(37(36)50)26-9-22(19-48)15-41(39(51)53-38(26)40(2,3)54-31)32(55-41)5-4-21-10-27(46-33(42)11-21)24-12-25(45-34(43)13-24)17-47-16-23-6-7-44-28(23)18-47/h6-8,10-14,16,22,26,32,38,48,50H,4-5,9,15,17-19H2,1-3H3,(H2,42,46)(H2,43,45)/t22-,26-,32+,38+,41-/m0/s1. The molecule has 9 rings (SSSR count). The van der Waals surface area contributed by atoms with Crippen molar-refractivity contribution in [2.45, 2.75) is 82.3 Å². The third kappa shape index (κ3) is 6.09. The van der Waals surface area contributed by atoms with Crippen molar-refractivity contribution in [3.8, 4) is 22.8 Å². The Hall–Kier alpha value is -5.73. The fraction of sp³-hybridized carbons (Fsp3) is 0.390. The Morgan fingerprint density at radius 3 is 2.67 bits per heavy atom. The van der Waals surface area contributed by atoms with E-state index in [1.165, 1.54) is 6.07 Å². The summed E-state index contributed by atoms with van der Waals surface area (Å²) >= 11 is 0. The van der Waals surface area contributed by atoms with Crippen molar-refractivity contribution in [2.24, 2.45) is 10.9 Å². The predicted octanol–water partition coefficient (Wildman–Crippen LogP) is 4.44. The van der Waals surface area contributed by atoms with E-state index in [0.29, 0.717) is 66.8 Å². The number of benzene rings is 1. The summed E-state index contributed by atoms with van der Waals surface area (Å²) in [5.41, 5.74) is 15.7. The lowest BCUT2D eigenvalue weighted by molar-refractivity contribution is -0.175. The van der Waals surface area contributed by atoms with E-state index in [-0.39, 0.29) is 41.1 Å². The topological polar surface area (TPSA) is 212 Å². The van der Waals surface area contributed by atoms with Gasteiger partial charge in [-0.1, -0.05) is 0 Å². The van der Waals surface area contributed by atoms with Gasteiger partial charge < -0.3 is 45.2 Å². The van der Waals surface area contributed by atoms with E-state index in [9.17, 15) is 19.8 Å². The molecule has 5 atom stereocenters. The summed E-state index contributed by atoms with van der Waals surface area (Å²) in [6.45, 7) is 6.33. The zero-order chi connectivity index (χ0) is 38.4. The minimum atomic E-state index is -1.25. The van der Waals surface area contributed by atoms with E-state index in [1.807, 2.05) is 44.3 Å². The molecule has 8 heterocycles. The van der Waals surface area contributed by atoms with Crippen LogP contribution in [0.4, 0.5) is 11.6 Å². The number of nitrogens with two attached hydrogens (primary N) is 2. The molecule has 5 aliphatic heterocycles. The summed E-state index contributed by atoms with van der Waals surface area (Å²) in [6.07, 6.45) is 6.15. The number of aromatic hydroxyl groups is 1. The van der Waals surface area contributed by atoms with Gasteiger partial charge in [-0.15, -0.1) is 0 Å². The van der Waals surface area contributed by atoms with Gasteiger partial charge in [0.15, 0.2) is 11.0 Å². The van der Waals surface area contributed by atoms with Crippen LogP contribution in [0.25, 0.3) is 22.2 Å². The van der Waals surface area contributed by atoms with Gasteiger partial charge in [-0.2, -0.15) is 0 Å². The van der Waals surface area contributed by atoms with E-state index in [4.69, 9.17) is 30.1 Å². The Balaban J connectivity index is 0.938. The smallest absolute Gasteiger partial charge is 0.341 e. The summed E-state index contributed by atoms with van der Waals surface area (Å²) < 4.78 is 24.6. The molecule has 4 aromatic rings. The molecule has 284 valence electrons. The Morgan fingerprint density at radius 2 is 1.87 bits per heavy atom. The van der Waals surface area contributed by atoms with Crippen LogP contribution in [-0.2, 0) is 27.2 Å². The zero-order valence-electron chi connectivity index (χ0n) is 30.7. The lowest BCUT2D eigenvalue weighted by atomic mass is 9.73. The third-order valence-corrected chi connectivity index (χ3v) is 11.4. The van der Waals surface area contributed by atoms with Gasteiger partial charge in [0.2, 0.25) is 0 Å². The molecule has 2 saturated heterocycles. The second kappa shape index (κ2) is 12.7. The number of anilines is 2.